The summed E-state index contributed by atoms with van der Waals surface area (Å²) in [5.41, 5.74) is 3.21. The first-order valence-corrected chi connectivity index (χ1v) is 13.1. The van der Waals surface area contributed by atoms with Crippen LogP contribution in [0.4, 0.5) is 16.2 Å². The molecule has 2 saturated heterocycles. The van der Waals surface area contributed by atoms with Gasteiger partial charge in [0.15, 0.2) is 0 Å². The Bertz CT molecular complexity index is 1360. The van der Waals surface area contributed by atoms with Crippen molar-refractivity contribution < 1.29 is 23.9 Å². The molecule has 2 heterocycles. The number of carbonyl (C=O) groups excluding carboxylic acids is 3. The van der Waals surface area contributed by atoms with Crippen molar-refractivity contribution in [3.63, 3.8) is 0 Å². The van der Waals surface area contributed by atoms with Crippen LogP contribution in [0.25, 0.3) is 6.08 Å². The Balaban J connectivity index is 1.26. The maximum Gasteiger partial charge on any atom is 0.294 e. The summed E-state index contributed by atoms with van der Waals surface area (Å²) in [6.45, 7) is 2.68. The molecular weight excluding hydrogens is 502 g/mol. The first kappa shape index (κ1) is 25.6. The first-order valence-electron chi connectivity index (χ1n) is 12.3. The first-order chi connectivity index (χ1) is 18.6. The van der Waals surface area contributed by atoms with E-state index in [1.54, 1.807) is 6.08 Å². The summed E-state index contributed by atoms with van der Waals surface area (Å²) in [4.78, 5) is 42.0. The summed E-state index contributed by atoms with van der Waals surface area (Å²) in [6.07, 6.45) is 1.64. The summed E-state index contributed by atoms with van der Waals surface area (Å²) in [6, 6.07) is 24.6. The Hall–Kier alpha value is -4.08. The molecule has 0 unspecified atom stereocenters. The van der Waals surface area contributed by atoms with Crippen LogP contribution >= 0.6 is 11.8 Å². The molecule has 0 atom stereocenters. The standard InChI is InChI=1S/C29H27N3O5S/c33-27(30-23-11-5-6-12-24(23)31-14-16-36-17-15-31)19-32-28(34)26(38-29(32)35)18-22-10-4-7-13-25(22)37-20-21-8-2-1-3-9-21/h1-13,18H,14-17,19-20H2,(H,30,33)/b26-18+. The lowest BCUT2D eigenvalue weighted by atomic mass is 10.1. The summed E-state index contributed by atoms with van der Waals surface area (Å²) in [7, 11) is 0. The zero-order chi connectivity index (χ0) is 26.3. The van der Waals surface area contributed by atoms with E-state index in [-0.39, 0.29) is 11.4 Å². The molecule has 2 aliphatic rings. The van der Waals surface area contributed by atoms with Crippen LogP contribution in [0.3, 0.4) is 0 Å². The maximum atomic E-state index is 13.1. The highest BCUT2D eigenvalue weighted by molar-refractivity contribution is 8.18. The molecule has 5 rings (SSSR count). The minimum Gasteiger partial charge on any atom is -0.488 e. The molecule has 9 heteroatoms. The van der Waals surface area contributed by atoms with Gasteiger partial charge in [0.2, 0.25) is 5.91 Å². The number of nitrogens with zero attached hydrogens (tertiary/aromatic N) is 2. The van der Waals surface area contributed by atoms with Crippen LogP contribution in [0.1, 0.15) is 11.1 Å². The smallest absolute Gasteiger partial charge is 0.294 e. The predicted octanol–water partition coefficient (Wildman–Crippen LogP) is 4.78. The highest BCUT2D eigenvalue weighted by Crippen LogP contribution is 2.34. The van der Waals surface area contributed by atoms with Crippen LogP contribution < -0.4 is 15.0 Å². The van der Waals surface area contributed by atoms with Crippen molar-refractivity contribution in [2.24, 2.45) is 0 Å². The summed E-state index contributed by atoms with van der Waals surface area (Å²) in [5.74, 6) is -0.351. The number of benzene rings is 3. The third-order valence-corrected chi connectivity index (χ3v) is 7.06. The van der Waals surface area contributed by atoms with E-state index in [9.17, 15) is 14.4 Å². The van der Waals surface area contributed by atoms with Crippen LogP contribution in [0, 0.1) is 0 Å². The van der Waals surface area contributed by atoms with Crippen LogP contribution in [0.5, 0.6) is 5.75 Å². The zero-order valence-electron chi connectivity index (χ0n) is 20.7. The van der Waals surface area contributed by atoms with Crippen molar-refractivity contribution in [3.8, 4) is 5.75 Å². The lowest BCUT2D eigenvalue weighted by Gasteiger charge is -2.30. The van der Waals surface area contributed by atoms with E-state index < -0.39 is 17.1 Å². The number of hydrogen-bond donors (Lipinski definition) is 1. The molecule has 2 aliphatic heterocycles. The Morgan fingerprint density at radius 2 is 1.66 bits per heavy atom. The van der Waals surface area contributed by atoms with Crippen LogP contribution in [-0.2, 0) is 20.9 Å². The van der Waals surface area contributed by atoms with Crippen molar-refractivity contribution in [3.05, 3.63) is 94.9 Å². The van der Waals surface area contributed by atoms with E-state index in [1.165, 1.54) is 0 Å². The number of carbonyl (C=O) groups is 3. The average Bonchev–Trinajstić information content (AvgIpc) is 3.21. The second kappa shape index (κ2) is 12.0. The third-order valence-electron chi connectivity index (χ3n) is 6.15. The second-order valence-electron chi connectivity index (χ2n) is 8.74. The van der Waals surface area contributed by atoms with Crippen LogP contribution in [-0.4, -0.2) is 54.8 Å². The molecule has 3 aromatic rings. The SMILES string of the molecule is O=C(CN1C(=O)S/C(=C/c2ccccc2OCc2ccccc2)C1=O)Nc1ccccc1N1CCOCC1. The monoisotopic (exact) mass is 529 g/mol. The van der Waals surface area contributed by atoms with Gasteiger partial charge < -0.3 is 19.7 Å². The Morgan fingerprint density at radius 3 is 2.47 bits per heavy atom. The van der Waals surface area contributed by atoms with E-state index in [0.29, 0.717) is 36.8 Å². The fourth-order valence-corrected chi connectivity index (χ4v) is 5.07. The van der Waals surface area contributed by atoms with Crippen LogP contribution in [0.2, 0.25) is 0 Å². The molecule has 1 N–H and O–H groups in total. The third kappa shape index (κ3) is 6.07. The van der Waals surface area contributed by atoms with E-state index in [4.69, 9.17) is 9.47 Å². The van der Waals surface area contributed by atoms with E-state index in [1.807, 2.05) is 78.9 Å². The van der Waals surface area contributed by atoms with Gasteiger partial charge in [0, 0.05) is 18.7 Å². The summed E-state index contributed by atoms with van der Waals surface area (Å²) >= 11 is 0.815. The topological polar surface area (TPSA) is 88.2 Å². The van der Waals surface area contributed by atoms with Gasteiger partial charge in [-0.15, -0.1) is 0 Å². The largest absolute Gasteiger partial charge is 0.488 e. The number of rotatable bonds is 8. The van der Waals surface area contributed by atoms with Crippen molar-refractivity contribution in [2.75, 3.05) is 43.1 Å². The summed E-state index contributed by atoms with van der Waals surface area (Å²) in [5, 5.41) is 2.38. The minimum absolute atomic E-state index is 0.243. The maximum absolute atomic E-state index is 13.1. The molecule has 0 bridgehead atoms. The Morgan fingerprint density at radius 1 is 0.947 bits per heavy atom. The van der Waals surface area contributed by atoms with Gasteiger partial charge in [0.05, 0.1) is 29.5 Å². The predicted molar refractivity (Wildman–Crippen MR) is 148 cm³/mol. The number of anilines is 2. The lowest BCUT2D eigenvalue weighted by Crippen LogP contribution is -2.38. The quantitative estimate of drug-likeness (QED) is 0.420. The normalized spacial score (nSPS) is 16.7. The molecule has 0 saturated carbocycles. The average molecular weight is 530 g/mol. The van der Waals surface area contributed by atoms with Crippen LogP contribution in [0.15, 0.2) is 83.8 Å². The number of nitrogens with one attached hydrogen (secondary N) is 1. The molecule has 0 aromatic heterocycles. The molecular formula is C29H27N3O5S. The van der Waals surface area contributed by atoms with E-state index >= 15 is 0 Å². The van der Waals surface area contributed by atoms with Gasteiger partial charge in [-0.25, -0.2) is 0 Å². The van der Waals surface area contributed by atoms with Gasteiger partial charge in [0.25, 0.3) is 11.1 Å². The van der Waals surface area contributed by atoms with Crippen molar-refractivity contribution in [1.82, 2.24) is 4.90 Å². The number of ether oxygens (including phenoxy) is 2. The number of imide groups is 1. The lowest BCUT2D eigenvalue weighted by molar-refractivity contribution is -0.127. The van der Waals surface area contributed by atoms with Gasteiger partial charge in [-0.2, -0.15) is 0 Å². The number of morpholine rings is 1. The highest BCUT2D eigenvalue weighted by Gasteiger charge is 2.36. The fraction of sp³-hybridized carbons (Fsp3) is 0.207. The van der Waals surface area contributed by atoms with Crippen molar-refractivity contribution >= 4 is 46.3 Å². The Labute approximate surface area is 225 Å². The Kier molecular flexibility index (Phi) is 8.06. The van der Waals surface area contributed by atoms with E-state index in [2.05, 4.69) is 10.2 Å². The molecule has 3 amide bonds. The molecule has 38 heavy (non-hydrogen) atoms. The molecule has 194 valence electrons. The highest BCUT2D eigenvalue weighted by atomic mass is 32.2. The molecule has 0 aliphatic carbocycles. The molecule has 3 aromatic carbocycles. The number of thioether (sulfide) groups is 1. The summed E-state index contributed by atoms with van der Waals surface area (Å²) < 4.78 is 11.4. The van der Waals surface area contributed by atoms with Gasteiger partial charge in [-0.05, 0) is 41.6 Å². The van der Waals surface area contributed by atoms with Crippen molar-refractivity contribution in [1.29, 1.82) is 0 Å². The van der Waals surface area contributed by atoms with Gasteiger partial charge in [-0.1, -0.05) is 60.7 Å². The van der Waals surface area contributed by atoms with E-state index in [0.717, 1.165) is 41.0 Å². The van der Waals surface area contributed by atoms with Gasteiger partial charge in [-0.3, -0.25) is 19.3 Å². The minimum atomic E-state index is -0.505. The zero-order valence-corrected chi connectivity index (χ0v) is 21.5. The van der Waals surface area contributed by atoms with Gasteiger partial charge >= 0.3 is 0 Å². The number of amides is 3. The number of para-hydroxylation sites is 3. The molecule has 0 radical (unpaired) electrons. The van der Waals surface area contributed by atoms with Crippen molar-refractivity contribution in [2.45, 2.75) is 6.61 Å². The molecule has 8 nitrogen and oxygen atoms in total. The molecule has 0 spiro atoms. The second-order valence-corrected chi connectivity index (χ2v) is 9.74. The fourth-order valence-electron chi connectivity index (χ4n) is 4.24. The molecule has 2 fully saturated rings. The number of hydrogen-bond acceptors (Lipinski definition) is 7. The van der Waals surface area contributed by atoms with Gasteiger partial charge in [0.1, 0.15) is 18.9 Å².